The highest BCUT2D eigenvalue weighted by Crippen LogP contribution is 2.41. The molecule has 0 bridgehead atoms. The summed E-state index contributed by atoms with van der Waals surface area (Å²) in [5.41, 5.74) is 3.66. The summed E-state index contributed by atoms with van der Waals surface area (Å²) in [6.45, 7) is 3.76. The third kappa shape index (κ3) is 3.23. The second-order valence-corrected chi connectivity index (χ2v) is 7.17. The normalized spacial score (nSPS) is 25.4. The summed E-state index contributed by atoms with van der Waals surface area (Å²) in [7, 11) is 2.21. The summed E-state index contributed by atoms with van der Waals surface area (Å²) in [6, 6.07) is 8.70. The summed E-state index contributed by atoms with van der Waals surface area (Å²) >= 11 is 0. The molecule has 3 atom stereocenters. The molecule has 1 aliphatic rings. The molecule has 24 heavy (non-hydrogen) atoms. The molecule has 3 rings (SSSR count). The van der Waals surface area contributed by atoms with Crippen LogP contribution in [0, 0.1) is 11.8 Å². The molecule has 0 amide bonds. The molecule has 1 aromatic heterocycles. The van der Waals surface area contributed by atoms with Gasteiger partial charge in [0.25, 0.3) is 0 Å². The fourth-order valence-electron chi connectivity index (χ4n) is 4.51. The zero-order valence-corrected chi connectivity index (χ0v) is 14.8. The molecule has 0 radical (unpaired) electrons. The summed E-state index contributed by atoms with van der Waals surface area (Å²) in [5, 5.41) is 20.2. The zero-order valence-electron chi connectivity index (χ0n) is 14.8. The number of likely N-dealkylation sites (tertiary alicyclic amines) is 1. The van der Waals surface area contributed by atoms with Gasteiger partial charge in [-0.3, -0.25) is 4.90 Å². The topological polar surface area (TPSA) is 59.5 Å². The Labute approximate surface area is 144 Å². The maximum Gasteiger partial charge on any atom is 0.0501 e. The summed E-state index contributed by atoms with van der Waals surface area (Å²) in [4.78, 5) is 6.08. The Bertz CT molecular complexity index is 667. The molecule has 2 aromatic rings. The fourth-order valence-corrected chi connectivity index (χ4v) is 4.51. The first-order valence-corrected chi connectivity index (χ1v) is 9.21. The van der Waals surface area contributed by atoms with Gasteiger partial charge in [0, 0.05) is 36.4 Å². The van der Waals surface area contributed by atoms with Crippen LogP contribution in [0.4, 0.5) is 0 Å². The van der Waals surface area contributed by atoms with Crippen molar-refractivity contribution in [1.82, 2.24) is 9.88 Å². The van der Waals surface area contributed by atoms with E-state index in [1.165, 1.54) is 16.6 Å². The maximum absolute atomic E-state index is 9.54. The summed E-state index contributed by atoms with van der Waals surface area (Å²) in [6.07, 6.45) is 3.81. The Morgan fingerprint density at radius 3 is 2.67 bits per heavy atom. The largest absolute Gasteiger partial charge is 0.396 e. The second kappa shape index (κ2) is 7.68. The van der Waals surface area contributed by atoms with Gasteiger partial charge in [0.2, 0.25) is 0 Å². The summed E-state index contributed by atoms with van der Waals surface area (Å²) in [5.74, 6) is 1.22. The molecule has 1 aromatic carbocycles. The number of para-hydroxylation sites is 1. The van der Waals surface area contributed by atoms with Gasteiger partial charge < -0.3 is 15.2 Å². The molecular formula is C20H30N2O2. The van der Waals surface area contributed by atoms with Gasteiger partial charge in [0.05, 0.1) is 6.04 Å². The smallest absolute Gasteiger partial charge is 0.0501 e. The van der Waals surface area contributed by atoms with Crippen molar-refractivity contribution in [3.05, 3.63) is 35.5 Å². The molecule has 3 unspecified atom stereocenters. The van der Waals surface area contributed by atoms with Crippen molar-refractivity contribution < 1.29 is 10.2 Å². The SMILES string of the molecule is CCC1CN(C)C(c2[nH]c3ccccc3c2CCO)CC1CCO. The second-order valence-electron chi connectivity index (χ2n) is 7.17. The van der Waals surface area contributed by atoms with Crippen LogP contribution in [0.1, 0.15) is 43.5 Å². The first kappa shape index (κ1) is 17.5. The molecule has 1 aliphatic heterocycles. The van der Waals surface area contributed by atoms with Crippen LogP contribution in [-0.2, 0) is 6.42 Å². The molecule has 132 valence electrons. The minimum absolute atomic E-state index is 0.170. The Morgan fingerprint density at radius 1 is 1.17 bits per heavy atom. The van der Waals surface area contributed by atoms with Gasteiger partial charge >= 0.3 is 0 Å². The lowest BCUT2D eigenvalue weighted by atomic mass is 9.77. The number of aromatic amines is 1. The van der Waals surface area contributed by atoms with Crippen LogP contribution in [0.25, 0.3) is 10.9 Å². The number of aliphatic hydroxyl groups is 2. The van der Waals surface area contributed by atoms with Crippen molar-refractivity contribution in [3.8, 4) is 0 Å². The Kier molecular flexibility index (Phi) is 5.59. The van der Waals surface area contributed by atoms with E-state index in [1.54, 1.807) is 0 Å². The highest BCUT2D eigenvalue weighted by Gasteiger charge is 2.35. The highest BCUT2D eigenvalue weighted by molar-refractivity contribution is 5.84. The highest BCUT2D eigenvalue weighted by atomic mass is 16.3. The van der Waals surface area contributed by atoms with Gasteiger partial charge in [-0.05, 0) is 49.8 Å². The van der Waals surface area contributed by atoms with Crippen LogP contribution >= 0.6 is 0 Å². The van der Waals surface area contributed by atoms with Gasteiger partial charge in [-0.15, -0.1) is 0 Å². The molecule has 2 heterocycles. The third-order valence-electron chi connectivity index (χ3n) is 5.81. The van der Waals surface area contributed by atoms with E-state index >= 15 is 0 Å². The number of H-pyrrole nitrogens is 1. The monoisotopic (exact) mass is 330 g/mol. The number of fused-ring (bicyclic) bond motifs is 1. The van der Waals surface area contributed by atoms with E-state index in [4.69, 9.17) is 0 Å². The van der Waals surface area contributed by atoms with Crippen LogP contribution < -0.4 is 0 Å². The number of hydrogen-bond acceptors (Lipinski definition) is 3. The van der Waals surface area contributed by atoms with E-state index in [0.29, 0.717) is 24.3 Å². The standard InChI is InChI=1S/C20H30N2O2/c1-3-14-13-22(2)19(12-15(14)8-10-23)20-17(9-11-24)16-6-4-5-7-18(16)21-20/h4-7,14-15,19,21,23-24H,3,8-13H2,1-2H3. The van der Waals surface area contributed by atoms with Crippen molar-refractivity contribution in [2.45, 2.75) is 38.6 Å². The van der Waals surface area contributed by atoms with Crippen LogP contribution in [0.2, 0.25) is 0 Å². The van der Waals surface area contributed by atoms with E-state index < -0.39 is 0 Å². The molecule has 0 saturated carbocycles. The molecule has 4 heteroatoms. The first-order valence-electron chi connectivity index (χ1n) is 9.21. The Balaban J connectivity index is 1.97. The van der Waals surface area contributed by atoms with Crippen molar-refractivity contribution in [2.24, 2.45) is 11.8 Å². The molecular weight excluding hydrogens is 300 g/mol. The molecule has 0 aliphatic carbocycles. The average Bonchev–Trinajstić information content (AvgIpc) is 2.95. The Morgan fingerprint density at radius 2 is 1.96 bits per heavy atom. The predicted molar refractivity (Wildman–Crippen MR) is 98.1 cm³/mol. The average molecular weight is 330 g/mol. The number of aliphatic hydroxyl groups excluding tert-OH is 2. The molecule has 1 fully saturated rings. The zero-order chi connectivity index (χ0) is 17.1. The summed E-state index contributed by atoms with van der Waals surface area (Å²) < 4.78 is 0. The number of nitrogens with zero attached hydrogens (tertiary/aromatic N) is 1. The minimum atomic E-state index is 0.170. The Hall–Kier alpha value is -1.36. The number of rotatable bonds is 6. The van der Waals surface area contributed by atoms with E-state index in [-0.39, 0.29) is 13.2 Å². The number of hydrogen-bond donors (Lipinski definition) is 3. The lowest BCUT2D eigenvalue weighted by molar-refractivity contribution is 0.0642. The third-order valence-corrected chi connectivity index (χ3v) is 5.81. The van der Waals surface area contributed by atoms with Gasteiger partial charge in [0.1, 0.15) is 0 Å². The molecule has 4 nitrogen and oxygen atoms in total. The number of nitrogens with one attached hydrogen (secondary N) is 1. The van der Waals surface area contributed by atoms with Gasteiger partial charge in [-0.2, -0.15) is 0 Å². The van der Waals surface area contributed by atoms with E-state index in [0.717, 1.165) is 31.3 Å². The van der Waals surface area contributed by atoms with E-state index in [9.17, 15) is 10.2 Å². The lowest BCUT2D eigenvalue weighted by Crippen LogP contribution is -2.41. The quantitative estimate of drug-likeness (QED) is 0.763. The van der Waals surface area contributed by atoms with Crippen molar-refractivity contribution in [3.63, 3.8) is 0 Å². The fraction of sp³-hybridized carbons (Fsp3) is 0.600. The van der Waals surface area contributed by atoms with E-state index in [2.05, 4.69) is 48.1 Å². The van der Waals surface area contributed by atoms with Crippen LogP contribution in [-0.4, -0.2) is 46.9 Å². The minimum Gasteiger partial charge on any atom is -0.396 e. The van der Waals surface area contributed by atoms with Crippen molar-refractivity contribution in [1.29, 1.82) is 0 Å². The van der Waals surface area contributed by atoms with Gasteiger partial charge in [-0.1, -0.05) is 31.5 Å². The lowest BCUT2D eigenvalue weighted by Gasteiger charge is -2.42. The molecule has 0 spiro atoms. The first-order chi connectivity index (χ1) is 11.7. The number of benzene rings is 1. The number of piperidine rings is 1. The van der Waals surface area contributed by atoms with Gasteiger partial charge in [0.15, 0.2) is 0 Å². The van der Waals surface area contributed by atoms with Crippen molar-refractivity contribution >= 4 is 10.9 Å². The van der Waals surface area contributed by atoms with Crippen molar-refractivity contribution in [2.75, 3.05) is 26.8 Å². The predicted octanol–water partition coefficient (Wildman–Crippen LogP) is 3.10. The molecule has 1 saturated heterocycles. The van der Waals surface area contributed by atoms with Crippen LogP contribution in [0.15, 0.2) is 24.3 Å². The maximum atomic E-state index is 9.54. The molecule has 3 N–H and O–H groups in total. The van der Waals surface area contributed by atoms with Crippen LogP contribution in [0.3, 0.4) is 0 Å². The van der Waals surface area contributed by atoms with Crippen LogP contribution in [0.5, 0.6) is 0 Å². The number of aromatic nitrogens is 1. The van der Waals surface area contributed by atoms with Gasteiger partial charge in [-0.25, -0.2) is 0 Å². The van der Waals surface area contributed by atoms with E-state index in [1.807, 2.05) is 0 Å².